The van der Waals surface area contributed by atoms with Gasteiger partial charge in [0, 0.05) is 11.3 Å². The zero-order valence-electron chi connectivity index (χ0n) is 10.5. The Kier molecular flexibility index (Phi) is 8.80. The molecule has 0 aliphatic rings. The molecule has 1 nitrogen and oxygen atoms in total. The highest BCUT2D eigenvalue weighted by Crippen LogP contribution is 2.20. The summed E-state index contributed by atoms with van der Waals surface area (Å²) >= 11 is 2.07. The summed E-state index contributed by atoms with van der Waals surface area (Å²) in [5.41, 5.74) is 0. The summed E-state index contributed by atoms with van der Waals surface area (Å²) in [7, 11) is 0. The molecule has 86 valence electrons. The molecule has 2 unspecified atom stereocenters. The minimum absolute atomic E-state index is 0.656. The van der Waals surface area contributed by atoms with Crippen molar-refractivity contribution in [3.8, 4) is 0 Å². The second kappa shape index (κ2) is 8.60. The molecule has 0 fully saturated rings. The predicted molar refractivity (Wildman–Crippen MR) is 68.9 cm³/mol. The van der Waals surface area contributed by atoms with Crippen molar-refractivity contribution in [1.82, 2.24) is 5.32 Å². The van der Waals surface area contributed by atoms with Crippen molar-refractivity contribution in [2.24, 2.45) is 0 Å². The van der Waals surface area contributed by atoms with Crippen LogP contribution in [0, 0.1) is 0 Å². The van der Waals surface area contributed by atoms with E-state index in [9.17, 15) is 0 Å². The highest BCUT2D eigenvalue weighted by atomic mass is 32.2. The smallest absolute Gasteiger partial charge is 0.0536 e. The molecule has 0 aliphatic carbocycles. The highest BCUT2D eigenvalue weighted by molar-refractivity contribution is 8.00. The van der Waals surface area contributed by atoms with E-state index in [1.165, 1.54) is 25.7 Å². The summed E-state index contributed by atoms with van der Waals surface area (Å²) in [6.07, 6.45) is 5.18. The first-order valence-corrected chi connectivity index (χ1v) is 6.95. The highest BCUT2D eigenvalue weighted by Gasteiger charge is 2.12. The van der Waals surface area contributed by atoms with Gasteiger partial charge in [0.25, 0.3) is 0 Å². The number of hydrogen-bond acceptors (Lipinski definition) is 2. The summed E-state index contributed by atoms with van der Waals surface area (Å²) in [6, 6.07) is 0.656. The lowest BCUT2D eigenvalue weighted by Gasteiger charge is -2.23. The van der Waals surface area contributed by atoms with Crippen molar-refractivity contribution in [2.45, 2.75) is 77.0 Å². The first kappa shape index (κ1) is 14.3. The Balaban J connectivity index is 3.83. The van der Waals surface area contributed by atoms with E-state index in [0.29, 0.717) is 11.4 Å². The lowest BCUT2D eigenvalue weighted by Crippen LogP contribution is -2.34. The molecule has 0 rings (SSSR count). The molecule has 0 spiro atoms. The van der Waals surface area contributed by atoms with Crippen LogP contribution in [-0.4, -0.2) is 16.7 Å². The summed E-state index contributed by atoms with van der Waals surface area (Å²) in [4.78, 5) is 0. The SMILES string of the molecule is CCCCC(NC(C)CC)SC(C)C. The van der Waals surface area contributed by atoms with Gasteiger partial charge in [-0.25, -0.2) is 0 Å². The summed E-state index contributed by atoms with van der Waals surface area (Å²) in [6.45, 7) is 11.3. The van der Waals surface area contributed by atoms with Crippen molar-refractivity contribution in [3.63, 3.8) is 0 Å². The van der Waals surface area contributed by atoms with E-state index >= 15 is 0 Å². The van der Waals surface area contributed by atoms with Gasteiger partial charge in [-0.15, -0.1) is 11.8 Å². The molecular weight excluding hydrogens is 190 g/mol. The molecule has 0 amide bonds. The molecular formula is C12H27NS. The van der Waals surface area contributed by atoms with E-state index in [2.05, 4.69) is 51.7 Å². The van der Waals surface area contributed by atoms with Gasteiger partial charge in [0.2, 0.25) is 0 Å². The Hall–Kier alpha value is 0.310. The van der Waals surface area contributed by atoms with E-state index in [-0.39, 0.29) is 0 Å². The van der Waals surface area contributed by atoms with Crippen LogP contribution in [-0.2, 0) is 0 Å². The number of nitrogens with one attached hydrogen (secondary N) is 1. The van der Waals surface area contributed by atoms with Gasteiger partial charge >= 0.3 is 0 Å². The maximum atomic E-state index is 3.70. The minimum Gasteiger partial charge on any atom is -0.303 e. The molecule has 0 saturated carbocycles. The monoisotopic (exact) mass is 217 g/mol. The molecule has 0 aliphatic heterocycles. The molecule has 0 heterocycles. The minimum atomic E-state index is 0.656. The van der Waals surface area contributed by atoms with E-state index in [1.54, 1.807) is 0 Å². The summed E-state index contributed by atoms with van der Waals surface area (Å²) < 4.78 is 0. The molecule has 14 heavy (non-hydrogen) atoms. The zero-order valence-corrected chi connectivity index (χ0v) is 11.3. The van der Waals surface area contributed by atoms with Crippen LogP contribution in [0.1, 0.15) is 60.3 Å². The molecule has 0 aromatic rings. The lowest BCUT2D eigenvalue weighted by atomic mass is 10.2. The third-order valence-corrected chi connectivity index (χ3v) is 3.58. The van der Waals surface area contributed by atoms with Gasteiger partial charge < -0.3 is 5.32 Å². The van der Waals surface area contributed by atoms with Gasteiger partial charge in [0.05, 0.1) is 5.37 Å². The Morgan fingerprint density at radius 1 is 1.14 bits per heavy atom. The molecule has 0 radical (unpaired) electrons. The number of unbranched alkanes of at least 4 members (excludes halogenated alkanes) is 1. The second-order valence-electron chi connectivity index (χ2n) is 4.29. The van der Waals surface area contributed by atoms with Crippen molar-refractivity contribution >= 4 is 11.8 Å². The summed E-state index contributed by atoms with van der Waals surface area (Å²) in [5, 5.41) is 5.08. The van der Waals surface area contributed by atoms with Gasteiger partial charge in [0.15, 0.2) is 0 Å². The van der Waals surface area contributed by atoms with E-state index in [0.717, 1.165) is 5.25 Å². The lowest BCUT2D eigenvalue weighted by molar-refractivity contribution is 0.489. The molecule has 2 heteroatoms. The zero-order chi connectivity index (χ0) is 11.0. The summed E-state index contributed by atoms with van der Waals surface area (Å²) in [5.74, 6) is 0. The van der Waals surface area contributed by atoms with Crippen LogP contribution in [0.15, 0.2) is 0 Å². The van der Waals surface area contributed by atoms with Crippen LogP contribution >= 0.6 is 11.8 Å². The Morgan fingerprint density at radius 3 is 2.21 bits per heavy atom. The van der Waals surface area contributed by atoms with E-state index in [1.807, 2.05) is 0 Å². The fraction of sp³-hybridized carbons (Fsp3) is 1.00. The Labute approximate surface area is 94.4 Å². The predicted octanol–water partition coefficient (Wildman–Crippen LogP) is 4.03. The van der Waals surface area contributed by atoms with Crippen LogP contribution in [0.25, 0.3) is 0 Å². The third-order valence-electron chi connectivity index (χ3n) is 2.34. The van der Waals surface area contributed by atoms with Crippen LogP contribution in [0.5, 0.6) is 0 Å². The fourth-order valence-electron chi connectivity index (χ4n) is 1.34. The molecule has 0 saturated heterocycles. The maximum Gasteiger partial charge on any atom is 0.0536 e. The first-order valence-electron chi connectivity index (χ1n) is 6.01. The van der Waals surface area contributed by atoms with E-state index in [4.69, 9.17) is 0 Å². The van der Waals surface area contributed by atoms with Crippen LogP contribution < -0.4 is 5.32 Å². The van der Waals surface area contributed by atoms with Crippen LogP contribution in [0.4, 0.5) is 0 Å². The Bertz CT molecular complexity index is 125. The molecule has 2 atom stereocenters. The number of rotatable bonds is 8. The normalized spacial score (nSPS) is 15.9. The standard InChI is InChI=1S/C12H27NS/c1-6-8-9-12(14-10(3)4)13-11(5)7-2/h10-13H,6-9H2,1-5H3. The number of hydrogen-bond donors (Lipinski definition) is 1. The van der Waals surface area contributed by atoms with Gasteiger partial charge in [0.1, 0.15) is 0 Å². The average Bonchev–Trinajstić information content (AvgIpc) is 2.13. The van der Waals surface area contributed by atoms with Crippen LogP contribution in [0.2, 0.25) is 0 Å². The average molecular weight is 217 g/mol. The van der Waals surface area contributed by atoms with Crippen molar-refractivity contribution in [3.05, 3.63) is 0 Å². The fourth-order valence-corrected chi connectivity index (χ4v) is 2.61. The number of thioether (sulfide) groups is 1. The third kappa shape index (κ3) is 7.69. The second-order valence-corrected chi connectivity index (χ2v) is 6.08. The van der Waals surface area contributed by atoms with Crippen LogP contribution in [0.3, 0.4) is 0 Å². The van der Waals surface area contributed by atoms with E-state index < -0.39 is 0 Å². The van der Waals surface area contributed by atoms with Gasteiger partial charge in [-0.2, -0.15) is 0 Å². The van der Waals surface area contributed by atoms with Gasteiger partial charge in [-0.3, -0.25) is 0 Å². The molecule has 1 N–H and O–H groups in total. The van der Waals surface area contributed by atoms with Gasteiger partial charge in [-0.1, -0.05) is 40.5 Å². The van der Waals surface area contributed by atoms with Crippen molar-refractivity contribution < 1.29 is 0 Å². The molecule has 0 aromatic heterocycles. The first-order chi connectivity index (χ1) is 6.60. The Morgan fingerprint density at radius 2 is 1.79 bits per heavy atom. The quantitative estimate of drug-likeness (QED) is 0.616. The van der Waals surface area contributed by atoms with Gasteiger partial charge in [-0.05, 0) is 19.8 Å². The van der Waals surface area contributed by atoms with Crippen molar-refractivity contribution in [1.29, 1.82) is 0 Å². The maximum absolute atomic E-state index is 3.70. The molecule has 0 bridgehead atoms. The molecule has 0 aromatic carbocycles. The topological polar surface area (TPSA) is 12.0 Å². The largest absolute Gasteiger partial charge is 0.303 e. The van der Waals surface area contributed by atoms with Crippen molar-refractivity contribution in [2.75, 3.05) is 0 Å².